The lowest BCUT2D eigenvalue weighted by Gasteiger charge is -2.29. The molecule has 0 bridgehead atoms. The fraction of sp³-hybridized carbons (Fsp3) is 0.333. The second kappa shape index (κ2) is 7.73. The number of methoxy groups -OCH3 is 1. The van der Waals surface area contributed by atoms with E-state index in [1.165, 1.54) is 5.01 Å². The van der Waals surface area contributed by atoms with E-state index >= 15 is 0 Å². The molecule has 2 rings (SSSR count). The number of rotatable bonds is 6. The van der Waals surface area contributed by atoms with E-state index in [9.17, 15) is 4.79 Å². The molecule has 1 amide bonds. The highest BCUT2D eigenvalue weighted by Crippen LogP contribution is 2.22. The van der Waals surface area contributed by atoms with Crippen molar-refractivity contribution in [2.45, 2.75) is 20.3 Å². The first-order valence-electron chi connectivity index (χ1n) is 7.77. The SMILES string of the molecule is COc1cccc(C(=O)N(N)CC(C)(C)Cc2ccnc(C#N)n2)c1. The van der Waals surface area contributed by atoms with Gasteiger partial charge in [0, 0.05) is 24.0 Å². The molecule has 0 unspecified atom stereocenters. The molecule has 0 saturated heterocycles. The standard InChI is InChI=1S/C18H21N5O2/c1-18(2,10-14-7-8-21-16(11-19)22-14)12-23(20)17(24)13-5-4-6-15(9-13)25-3/h4-9H,10,12,20H2,1-3H3. The van der Waals surface area contributed by atoms with Gasteiger partial charge in [-0.15, -0.1) is 0 Å². The Kier molecular flexibility index (Phi) is 5.67. The first kappa shape index (κ1) is 18.4. The van der Waals surface area contributed by atoms with Crippen LogP contribution in [0.4, 0.5) is 0 Å². The third-order valence-corrected chi connectivity index (χ3v) is 3.65. The minimum Gasteiger partial charge on any atom is -0.497 e. The number of ether oxygens (including phenoxy) is 1. The smallest absolute Gasteiger partial charge is 0.267 e. The molecule has 0 radical (unpaired) electrons. The Morgan fingerprint density at radius 3 is 2.84 bits per heavy atom. The second-order valence-electron chi connectivity index (χ2n) is 6.49. The summed E-state index contributed by atoms with van der Waals surface area (Å²) >= 11 is 0. The molecule has 0 aliphatic carbocycles. The van der Waals surface area contributed by atoms with Crippen LogP contribution < -0.4 is 10.6 Å². The molecule has 25 heavy (non-hydrogen) atoms. The Balaban J connectivity index is 2.07. The van der Waals surface area contributed by atoms with E-state index in [0.717, 1.165) is 5.69 Å². The molecule has 0 atom stereocenters. The molecule has 7 heteroatoms. The van der Waals surface area contributed by atoms with Gasteiger partial charge in [-0.2, -0.15) is 5.26 Å². The van der Waals surface area contributed by atoms with Gasteiger partial charge in [0.2, 0.25) is 5.82 Å². The number of carbonyl (C=O) groups excluding carboxylic acids is 1. The maximum Gasteiger partial charge on any atom is 0.267 e. The summed E-state index contributed by atoms with van der Waals surface area (Å²) in [4.78, 5) is 20.6. The molecule has 2 aromatic rings. The van der Waals surface area contributed by atoms with Crippen LogP contribution in [0.5, 0.6) is 5.75 Å². The molecule has 130 valence electrons. The van der Waals surface area contributed by atoms with Crippen molar-refractivity contribution in [1.29, 1.82) is 5.26 Å². The fourth-order valence-electron chi connectivity index (χ4n) is 2.55. The van der Waals surface area contributed by atoms with Crippen LogP contribution in [-0.2, 0) is 6.42 Å². The van der Waals surface area contributed by atoms with Gasteiger partial charge >= 0.3 is 0 Å². The van der Waals surface area contributed by atoms with Crippen LogP contribution >= 0.6 is 0 Å². The molecule has 7 nitrogen and oxygen atoms in total. The average molecular weight is 339 g/mol. The number of aromatic nitrogens is 2. The van der Waals surface area contributed by atoms with Gasteiger partial charge in [0.05, 0.1) is 7.11 Å². The van der Waals surface area contributed by atoms with E-state index in [1.54, 1.807) is 43.6 Å². The maximum absolute atomic E-state index is 12.5. The number of hydrogen-bond acceptors (Lipinski definition) is 6. The van der Waals surface area contributed by atoms with E-state index in [2.05, 4.69) is 9.97 Å². The van der Waals surface area contributed by atoms with Crippen LogP contribution in [0.3, 0.4) is 0 Å². The van der Waals surface area contributed by atoms with Crippen molar-refractivity contribution < 1.29 is 9.53 Å². The zero-order valence-corrected chi connectivity index (χ0v) is 14.6. The molecular formula is C18H21N5O2. The predicted octanol–water partition coefficient (Wildman–Crippen LogP) is 1.94. The quantitative estimate of drug-likeness (QED) is 0.490. The molecule has 0 fully saturated rings. The monoisotopic (exact) mass is 339 g/mol. The van der Waals surface area contributed by atoms with Gasteiger partial charge in [0.15, 0.2) is 0 Å². The normalized spacial score (nSPS) is 10.8. The predicted molar refractivity (Wildman–Crippen MR) is 92.4 cm³/mol. The van der Waals surface area contributed by atoms with Crippen molar-refractivity contribution in [2.75, 3.05) is 13.7 Å². The van der Waals surface area contributed by atoms with Crippen molar-refractivity contribution in [3.05, 3.63) is 53.6 Å². The lowest BCUT2D eigenvalue weighted by Crippen LogP contribution is -2.44. The topological polar surface area (TPSA) is 105 Å². The Labute approximate surface area is 147 Å². The summed E-state index contributed by atoms with van der Waals surface area (Å²) in [7, 11) is 1.55. The molecule has 0 saturated carbocycles. The summed E-state index contributed by atoms with van der Waals surface area (Å²) in [5.74, 6) is 6.44. The Morgan fingerprint density at radius 1 is 1.40 bits per heavy atom. The van der Waals surface area contributed by atoms with Gasteiger partial charge in [0.1, 0.15) is 11.8 Å². The number of hydrazine groups is 1. The van der Waals surface area contributed by atoms with Crippen LogP contribution in [0.2, 0.25) is 0 Å². The number of amides is 1. The van der Waals surface area contributed by atoms with Crippen LogP contribution in [0, 0.1) is 16.7 Å². The highest BCUT2D eigenvalue weighted by Gasteiger charge is 2.25. The molecule has 0 aliphatic rings. The zero-order valence-electron chi connectivity index (χ0n) is 14.6. The van der Waals surface area contributed by atoms with Gasteiger partial charge in [-0.25, -0.2) is 15.8 Å². The van der Waals surface area contributed by atoms with E-state index < -0.39 is 0 Å². The second-order valence-corrected chi connectivity index (χ2v) is 6.49. The van der Waals surface area contributed by atoms with Crippen LogP contribution in [-0.4, -0.2) is 34.5 Å². The van der Waals surface area contributed by atoms with Gasteiger partial charge in [0.25, 0.3) is 5.91 Å². The van der Waals surface area contributed by atoms with Crippen molar-refractivity contribution in [1.82, 2.24) is 15.0 Å². The molecule has 2 N–H and O–H groups in total. The summed E-state index contributed by atoms with van der Waals surface area (Å²) in [6, 6.07) is 10.5. The maximum atomic E-state index is 12.5. The number of nitriles is 1. The minimum atomic E-state index is -0.329. The Morgan fingerprint density at radius 2 is 2.16 bits per heavy atom. The summed E-state index contributed by atoms with van der Waals surface area (Å²) in [5.41, 5.74) is 0.870. The number of benzene rings is 1. The fourth-order valence-corrected chi connectivity index (χ4v) is 2.55. The average Bonchev–Trinajstić information content (AvgIpc) is 2.60. The van der Waals surface area contributed by atoms with Gasteiger partial charge < -0.3 is 4.74 Å². The summed E-state index contributed by atoms with van der Waals surface area (Å²) < 4.78 is 5.13. The van der Waals surface area contributed by atoms with E-state index in [0.29, 0.717) is 24.3 Å². The van der Waals surface area contributed by atoms with Crippen molar-refractivity contribution >= 4 is 5.91 Å². The molecule has 1 aromatic heterocycles. The van der Waals surface area contributed by atoms with Crippen molar-refractivity contribution in [3.63, 3.8) is 0 Å². The molecular weight excluding hydrogens is 318 g/mol. The van der Waals surface area contributed by atoms with E-state index in [1.807, 2.05) is 19.9 Å². The Hall–Kier alpha value is -2.98. The van der Waals surface area contributed by atoms with Crippen LogP contribution in [0.15, 0.2) is 36.5 Å². The van der Waals surface area contributed by atoms with Crippen LogP contribution in [0.1, 0.15) is 35.7 Å². The highest BCUT2D eigenvalue weighted by molar-refractivity contribution is 5.94. The molecule has 1 aromatic carbocycles. The first-order chi connectivity index (χ1) is 11.8. The van der Waals surface area contributed by atoms with Gasteiger partial charge in [-0.05, 0) is 36.1 Å². The number of carbonyl (C=O) groups is 1. The highest BCUT2D eigenvalue weighted by atomic mass is 16.5. The lowest BCUT2D eigenvalue weighted by molar-refractivity contribution is 0.0682. The summed E-state index contributed by atoms with van der Waals surface area (Å²) in [6.45, 7) is 4.30. The third-order valence-electron chi connectivity index (χ3n) is 3.65. The first-order valence-corrected chi connectivity index (χ1v) is 7.77. The zero-order chi connectivity index (χ0) is 18.4. The molecule has 0 aliphatic heterocycles. The molecule has 0 spiro atoms. The van der Waals surface area contributed by atoms with E-state index in [4.69, 9.17) is 15.8 Å². The summed E-state index contributed by atoms with van der Waals surface area (Å²) in [6.07, 6.45) is 2.11. The van der Waals surface area contributed by atoms with Gasteiger partial charge in [-0.3, -0.25) is 9.80 Å². The van der Waals surface area contributed by atoms with Crippen LogP contribution in [0.25, 0.3) is 0 Å². The minimum absolute atomic E-state index is 0.130. The number of hydrogen-bond donors (Lipinski definition) is 1. The lowest BCUT2D eigenvalue weighted by atomic mass is 9.87. The molecule has 1 heterocycles. The third kappa shape index (κ3) is 4.99. The Bertz CT molecular complexity index is 798. The van der Waals surface area contributed by atoms with E-state index in [-0.39, 0.29) is 17.1 Å². The van der Waals surface area contributed by atoms with Crippen molar-refractivity contribution in [3.8, 4) is 11.8 Å². The number of nitrogens with zero attached hydrogens (tertiary/aromatic N) is 4. The summed E-state index contributed by atoms with van der Waals surface area (Å²) in [5, 5.41) is 10.1. The largest absolute Gasteiger partial charge is 0.497 e. The van der Waals surface area contributed by atoms with Crippen molar-refractivity contribution in [2.24, 2.45) is 11.3 Å². The number of nitrogens with two attached hydrogens (primary N) is 1. The van der Waals surface area contributed by atoms with Gasteiger partial charge in [-0.1, -0.05) is 19.9 Å².